The fourth-order valence-electron chi connectivity index (χ4n) is 2.64. The van der Waals surface area contributed by atoms with Crippen molar-refractivity contribution in [2.75, 3.05) is 0 Å². The van der Waals surface area contributed by atoms with Crippen LogP contribution in [0.4, 0.5) is 0 Å². The van der Waals surface area contributed by atoms with Crippen LogP contribution in [0.15, 0.2) is 36.7 Å². The third-order valence-corrected chi connectivity index (χ3v) is 4.10. The van der Waals surface area contributed by atoms with Crippen LogP contribution in [0.2, 0.25) is 5.02 Å². The number of Topliss-reactive ketones (excluding diaryl/α,β-unsaturated/α-hetero) is 1. The Morgan fingerprint density at radius 1 is 1.17 bits per heavy atom. The van der Waals surface area contributed by atoms with Crippen molar-refractivity contribution in [1.82, 2.24) is 15.3 Å². The highest BCUT2D eigenvalue weighted by molar-refractivity contribution is 6.30. The van der Waals surface area contributed by atoms with Crippen molar-refractivity contribution in [2.45, 2.75) is 31.7 Å². The lowest BCUT2D eigenvalue weighted by atomic mass is 10.0. The quantitative estimate of drug-likeness (QED) is 0.856. The SMILES string of the molecule is O=C1CC(=O)C(CCCc2cc(-c3ccc(Cl)cc3)ncn2)N1. The number of nitrogens with one attached hydrogen (secondary N) is 1. The van der Waals surface area contributed by atoms with E-state index in [1.54, 1.807) is 6.33 Å². The molecule has 1 aromatic heterocycles. The van der Waals surface area contributed by atoms with Crippen molar-refractivity contribution < 1.29 is 9.59 Å². The Bertz CT molecular complexity index is 731. The predicted octanol–water partition coefficient (Wildman–Crippen LogP) is 2.58. The molecule has 0 aliphatic carbocycles. The van der Waals surface area contributed by atoms with Crippen molar-refractivity contribution in [3.05, 3.63) is 47.4 Å². The summed E-state index contributed by atoms with van der Waals surface area (Å²) in [6, 6.07) is 9.10. The second-order valence-electron chi connectivity index (χ2n) is 5.56. The van der Waals surface area contributed by atoms with Crippen LogP contribution in [-0.2, 0) is 16.0 Å². The van der Waals surface area contributed by atoms with Crippen LogP contribution in [0, 0.1) is 0 Å². The van der Waals surface area contributed by atoms with Gasteiger partial charge in [-0.25, -0.2) is 9.97 Å². The third kappa shape index (κ3) is 3.93. The summed E-state index contributed by atoms with van der Waals surface area (Å²) in [6.45, 7) is 0. The van der Waals surface area contributed by atoms with Crippen molar-refractivity contribution in [3.8, 4) is 11.3 Å². The summed E-state index contributed by atoms with van der Waals surface area (Å²) in [6.07, 6.45) is 3.72. The number of benzene rings is 1. The molecule has 3 rings (SSSR count). The summed E-state index contributed by atoms with van der Waals surface area (Å²) in [5.41, 5.74) is 2.75. The number of halogens is 1. The van der Waals surface area contributed by atoms with Gasteiger partial charge < -0.3 is 5.32 Å². The van der Waals surface area contributed by atoms with Crippen LogP contribution < -0.4 is 5.32 Å². The van der Waals surface area contributed by atoms with Crippen molar-refractivity contribution in [3.63, 3.8) is 0 Å². The zero-order chi connectivity index (χ0) is 16.2. The van der Waals surface area contributed by atoms with Gasteiger partial charge in [0.25, 0.3) is 0 Å². The molecule has 1 amide bonds. The van der Waals surface area contributed by atoms with Gasteiger partial charge >= 0.3 is 0 Å². The first-order chi connectivity index (χ1) is 11.1. The average Bonchev–Trinajstić information content (AvgIpc) is 2.86. The Morgan fingerprint density at radius 3 is 2.65 bits per heavy atom. The Labute approximate surface area is 139 Å². The first-order valence-electron chi connectivity index (χ1n) is 7.51. The van der Waals surface area contributed by atoms with E-state index in [2.05, 4.69) is 15.3 Å². The molecule has 0 bridgehead atoms. The average molecular weight is 330 g/mol. The van der Waals surface area contributed by atoms with E-state index in [1.807, 2.05) is 30.3 Å². The first-order valence-corrected chi connectivity index (χ1v) is 7.88. The Kier molecular flexibility index (Phi) is 4.67. The number of amides is 1. The van der Waals surface area contributed by atoms with Gasteiger partial charge in [0.05, 0.1) is 18.2 Å². The van der Waals surface area contributed by atoms with Gasteiger partial charge in [-0.05, 0) is 37.5 Å². The molecule has 1 saturated heterocycles. The summed E-state index contributed by atoms with van der Waals surface area (Å²) in [7, 11) is 0. The second-order valence-corrected chi connectivity index (χ2v) is 5.99. The number of aromatic nitrogens is 2. The van der Waals surface area contributed by atoms with E-state index < -0.39 is 0 Å². The van der Waals surface area contributed by atoms with Crippen LogP contribution in [-0.4, -0.2) is 27.7 Å². The molecule has 1 aromatic carbocycles. The fourth-order valence-corrected chi connectivity index (χ4v) is 2.77. The maximum atomic E-state index is 11.6. The van der Waals surface area contributed by atoms with Crippen LogP contribution >= 0.6 is 11.6 Å². The highest BCUT2D eigenvalue weighted by atomic mass is 35.5. The second kappa shape index (κ2) is 6.87. The highest BCUT2D eigenvalue weighted by Crippen LogP contribution is 2.20. The summed E-state index contributed by atoms with van der Waals surface area (Å²) < 4.78 is 0. The standard InChI is InChI=1S/C17H16ClN3O2/c18-12-6-4-11(5-7-12)15-8-13(19-10-20-15)2-1-3-14-16(22)9-17(23)21-14/h4-8,10,14H,1-3,9H2,(H,21,23). The van der Waals surface area contributed by atoms with Gasteiger partial charge in [-0.15, -0.1) is 0 Å². The van der Waals surface area contributed by atoms with Gasteiger partial charge in [-0.3, -0.25) is 9.59 Å². The third-order valence-electron chi connectivity index (χ3n) is 3.85. The molecule has 1 unspecified atom stereocenters. The molecule has 1 N–H and O–H groups in total. The normalized spacial score (nSPS) is 17.3. The topological polar surface area (TPSA) is 72.0 Å². The molecular formula is C17H16ClN3O2. The van der Waals surface area contributed by atoms with E-state index in [0.29, 0.717) is 11.4 Å². The van der Waals surface area contributed by atoms with E-state index in [4.69, 9.17) is 11.6 Å². The summed E-state index contributed by atoms with van der Waals surface area (Å²) >= 11 is 5.89. The molecule has 23 heavy (non-hydrogen) atoms. The summed E-state index contributed by atoms with van der Waals surface area (Å²) in [4.78, 5) is 31.3. The van der Waals surface area contributed by atoms with Crippen LogP contribution in [0.1, 0.15) is 25.0 Å². The first kappa shape index (κ1) is 15.6. The Morgan fingerprint density at radius 2 is 1.96 bits per heavy atom. The largest absolute Gasteiger partial charge is 0.346 e. The van der Waals surface area contributed by atoms with Gasteiger partial charge in [-0.1, -0.05) is 23.7 Å². The summed E-state index contributed by atoms with van der Waals surface area (Å²) in [5.74, 6) is -0.188. The molecule has 2 heterocycles. The molecule has 1 atom stereocenters. The molecule has 118 valence electrons. The predicted molar refractivity (Wildman–Crippen MR) is 87.0 cm³/mol. The van der Waals surface area contributed by atoms with E-state index in [-0.39, 0.29) is 24.2 Å². The highest BCUT2D eigenvalue weighted by Gasteiger charge is 2.29. The zero-order valence-corrected chi connectivity index (χ0v) is 13.2. The van der Waals surface area contributed by atoms with Gasteiger partial charge in [0.15, 0.2) is 5.78 Å². The molecular weight excluding hydrogens is 314 g/mol. The van der Waals surface area contributed by atoms with Crippen molar-refractivity contribution in [2.24, 2.45) is 0 Å². The van der Waals surface area contributed by atoms with E-state index in [9.17, 15) is 9.59 Å². The lowest BCUT2D eigenvalue weighted by Crippen LogP contribution is -2.29. The molecule has 0 spiro atoms. The number of hydrogen-bond donors (Lipinski definition) is 1. The van der Waals surface area contributed by atoms with Crippen molar-refractivity contribution in [1.29, 1.82) is 0 Å². The number of carbonyl (C=O) groups excluding carboxylic acids is 2. The molecule has 6 heteroatoms. The van der Waals surface area contributed by atoms with Gasteiger partial charge in [0.1, 0.15) is 6.33 Å². The van der Waals surface area contributed by atoms with Crippen molar-refractivity contribution >= 4 is 23.3 Å². The number of rotatable bonds is 5. The van der Waals surface area contributed by atoms with E-state index >= 15 is 0 Å². The molecule has 1 aliphatic heterocycles. The number of hydrogen-bond acceptors (Lipinski definition) is 4. The fraction of sp³-hybridized carbons (Fsp3) is 0.294. The van der Waals surface area contributed by atoms with Crippen LogP contribution in [0.3, 0.4) is 0 Å². The number of nitrogens with zero attached hydrogens (tertiary/aromatic N) is 2. The van der Waals surface area contributed by atoms with Gasteiger partial charge in [-0.2, -0.15) is 0 Å². The summed E-state index contributed by atoms with van der Waals surface area (Å²) in [5, 5.41) is 3.39. The maximum Gasteiger partial charge on any atom is 0.228 e. The Balaban J connectivity index is 1.61. The van der Waals surface area contributed by atoms with Crippen LogP contribution in [0.25, 0.3) is 11.3 Å². The number of ketones is 1. The van der Waals surface area contributed by atoms with Crippen LogP contribution in [0.5, 0.6) is 0 Å². The van der Waals surface area contributed by atoms with Gasteiger partial charge in [0.2, 0.25) is 5.91 Å². The smallest absolute Gasteiger partial charge is 0.228 e. The molecule has 0 saturated carbocycles. The molecule has 1 fully saturated rings. The Hall–Kier alpha value is -2.27. The van der Waals surface area contributed by atoms with Gasteiger partial charge in [0, 0.05) is 16.3 Å². The van der Waals surface area contributed by atoms with E-state index in [0.717, 1.165) is 29.8 Å². The lowest BCUT2D eigenvalue weighted by Gasteiger charge is -2.08. The number of carbonyl (C=O) groups is 2. The van der Waals surface area contributed by atoms with E-state index in [1.165, 1.54) is 0 Å². The minimum atomic E-state index is -0.333. The monoisotopic (exact) mass is 329 g/mol. The zero-order valence-electron chi connectivity index (χ0n) is 12.5. The lowest BCUT2D eigenvalue weighted by molar-refractivity contribution is -0.122. The minimum absolute atomic E-state index is 0.0128. The maximum absolute atomic E-state index is 11.6. The molecule has 2 aromatic rings. The minimum Gasteiger partial charge on any atom is -0.346 e. The molecule has 5 nitrogen and oxygen atoms in total. The number of aryl methyl sites for hydroxylation is 1. The molecule has 0 radical (unpaired) electrons. The molecule has 1 aliphatic rings.